The van der Waals surface area contributed by atoms with E-state index in [-0.39, 0.29) is 17.1 Å². The van der Waals surface area contributed by atoms with Crippen molar-refractivity contribution in [1.29, 1.82) is 0 Å². The highest BCUT2D eigenvalue weighted by Gasteiger charge is 2.38. The highest BCUT2D eigenvalue weighted by Crippen LogP contribution is 2.42. The van der Waals surface area contributed by atoms with E-state index in [1.54, 1.807) is 24.3 Å². The van der Waals surface area contributed by atoms with Crippen molar-refractivity contribution in [2.24, 2.45) is 0 Å². The van der Waals surface area contributed by atoms with Crippen LogP contribution in [0.1, 0.15) is 5.56 Å². The van der Waals surface area contributed by atoms with Gasteiger partial charge in [-0.25, -0.2) is 4.98 Å². The van der Waals surface area contributed by atoms with Crippen LogP contribution in [0.5, 0.6) is 5.75 Å². The van der Waals surface area contributed by atoms with Crippen LogP contribution in [0.25, 0.3) is 22.4 Å². The Bertz CT molecular complexity index is 760. The Morgan fingerprint density at radius 2 is 1.81 bits per heavy atom. The molecule has 1 aromatic heterocycles. The van der Waals surface area contributed by atoms with Crippen LogP contribution in [-0.2, 0) is 6.18 Å². The average molecular weight is 292 g/mol. The van der Waals surface area contributed by atoms with E-state index in [1.807, 2.05) is 0 Å². The van der Waals surface area contributed by atoms with E-state index < -0.39 is 11.7 Å². The van der Waals surface area contributed by atoms with E-state index in [2.05, 4.69) is 9.97 Å². The fraction of sp³-hybridized carbons (Fsp3) is 0.133. The molecule has 0 spiro atoms. The maximum absolute atomic E-state index is 13.3. The van der Waals surface area contributed by atoms with Gasteiger partial charge in [-0.1, -0.05) is 24.3 Å². The molecule has 3 rings (SSSR count). The molecule has 3 nitrogen and oxygen atoms in total. The fourth-order valence-corrected chi connectivity index (χ4v) is 2.27. The molecule has 0 fully saturated rings. The van der Waals surface area contributed by atoms with Gasteiger partial charge in [-0.2, -0.15) is 13.2 Å². The summed E-state index contributed by atoms with van der Waals surface area (Å²) in [5.41, 5.74) is 0.441. The highest BCUT2D eigenvalue weighted by molar-refractivity contribution is 5.80. The van der Waals surface area contributed by atoms with Crippen molar-refractivity contribution in [3.63, 3.8) is 0 Å². The number of hydrogen-bond donors (Lipinski definition) is 1. The topological polar surface area (TPSA) is 37.9 Å². The van der Waals surface area contributed by atoms with Crippen LogP contribution in [0.3, 0.4) is 0 Å². The first-order valence-corrected chi connectivity index (χ1v) is 6.20. The lowest BCUT2D eigenvalue weighted by Gasteiger charge is -2.15. The molecule has 0 amide bonds. The molecule has 0 bridgehead atoms. The first-order valence-electron chi connectivity index (χ1n) is 6.20. The van der Waals surface area contributed by atoms with Crippen LogP contribution in [-0.4, -0.2) is 17.1 Å². The van der Waals surface area contributed by atoms with Crippen molar-refractivity contribution in [1.82, 2.24) is 9.97 Å². The molecular formula is C15H11F3N2O. The molecule has 0 aliphatic heterocycles. The van der Waals surface area contributed by atoms with E-state index in [0.717, 1.165) is 0 Å². The van der Waals surface area contributed by atoms with E-state index in [1.165, 1.54) is 25.3 Å². The molecule has 1 N–H and O–H groups in total. The summed E-state index contributed by atoms with van der Waals surface area (Å²) < 4.78 is 44.8. The molecule has 0 aliphatic carbocycles. The molecule has 0 unspecified atom stereocenters. The third-order valence-corrected chi connectivity index (χ3v) is 3.17. The molecular weight excluding hydrogens is 281 g/mol. The minimum atomic E-state index is -4.53. The molecule has 0 atom stereocenters. The van der Waals surface area contributed by atoms with Crippen LogP contribution in [0.15, 0.2) is 42.5 Å². The van der Waals surface area contributed by atoms with Crippen molar-refractivity contribution >= 4 is 11.0 Å². The number of hydrogen-bond acceptors (Lipinski definition) is 2. The number of aromatic nitrogens is 2. The van der Waals surface area contributed by atoms with Gasteiger partial charge in [-0.3, -0.25) is 0 Å². The van der Waals surface area contributed by atoms with E-state index in [4.69, 9.17) is 4.74 Å². The predicted molar refractivity (Wildman–Crippen MR) is 73.1 cm³/mol. The number of nitrogens with one attached hydrogen (secondary N) is 1. The summed E-state index contributed by atoms with van der Waals surface area (Å²) in [6.07, 6.45) is -4.53. The van der Waals surface area contributed by atoms with Crippen molar-refractivity contribution in [2.45, 2.75) is 6.18 Å². The number of halogens is 3. The van der Waals surface area contributed by atoms with Crippen LogP contribution in [0, 0.1) is 0 Å². The quantitative estimate of drug-likeness (QED) is 0.766. The number of fused-ring (bicyclic) bond motifs is 1. The summed E-state index contributed by atoms with van der Waals surface area (Å²) >= 11 is 0. The second-order valence-corrected chi connectivity index (χ2v) is 4.48. The summed E-state index contributed by atoms with van der Waals surface area (Å²) in [5.74, 6) is -0.0529. The highest BCUT2D eigenvalue weighted by atomic mass is 19.4. The van der Waals surface area contributed by atoms with Gasteiger partial charge >= 0.3 is 6.18 Å². The van der Waals surface area contributed by atoms with Gasteiger partial charge in [0, 0.05) is 5.56 Å². The molecule has 108 valence electrons. The summed E-state index contributed by atoms with van der Waals surface area (Å²) in [6, 6.07) is 11.3. The van der Waals surface area contributed by atoms with Crippen LogP contribution in [0.2, 0.25) is 0 Å². The number of aromatic amines is 1. The molecule has 3 aromatic rings. The summed E-state index contributed by atoms with van der Waals surface area (Å²) in [5, 5.41) is 0. The van der Waals surface area contributed by atoms with Crippen molar-refractivity contribution in [3.8, 4) is 17.1 Å². The van der Waals surface area contributed by atoms with Gasteiger partial charge in [-0.15, -0.1) is 0 Å². The van der Waals surface area contributed by atoms with Crippen LogP contribution in [0.4, 0.5) is 13.2 Å². The van der Waals surface area contributed by atoms with Gasteiger partial charge in [-0.05, 0) is 18.2 Å². The summed E-state index contributed by atoms with van der Waals surface area (Å²) in [4.78, 5) is 7.13. The van der Waals surface area contributed by atoms with Crippen molar-refractivity contribution < 1.29 is 17.9 Å². The zero-order valence-electron chi connectivity index (χ0n) is 11.0. The number of para-hydroxylation sites is 2. The molecule has 0 radical (unpaired) electrons. The average Bonchev–Trinajstić information content (AvgIpc) is 2.89. The molecule has 0 aliphatic rings. The largest absolute Gasteiger partial charge is 0.496 e. The van der Waals surface area contributed by atoms with E-state index in [0.29, 0.717) is 11.0 Å². The Hall–Kier alpha value is -2.50. The maximum atomic E-state index is 13.3. The summed E-state index contributed by atoms with van der Waals surface area (Å²) in [7, 11) is 1.22. The number of benzene rings is 2. The Morgan fingerprint density at radius 1 is 1.05 bits per heavy atom. The lowest BCUT2D eigenvalue weighted by molar-refractivity contribution is -0.138. The number of rotatable bonds is 2. The minimum Gasteiger partial charge on any atom is -0.496 e. The number of nitrogens with zero attached hydrogens (tertiary/aromatic N) is 1. The van der Waals surface area contributed by atoms with E-state index in [9.17, 15) is 13.2 Å². The molecule has 21 heavy (non-hydrogen) atoms. The Balaban J connectivity index is 2.26. The number of ether oxygens (including phenoxy) is 1. The van der Waals surface area contributed by atoms with Crippen molar-refractivity contribution in [3.05, 3.63) is 48.0 Å². The van der Waals surface area contributed by atoms with Gasteiger partial charge in [0.2, 0.25) is 0 Å². The fourth-order valence-electron chi connectivity index (χ4n) is 2.27. The van der Waals surface area contributed by atoms with Gasteiger partial charge in [0.05, 0.1) is 18.1 Å². The number of alkyl halides is 3. The van der Waals surface area contributed by atoms with Gasteiger partial charge < -0.3 is 9.72 Å². The monoisotopic (exact) mass is 292 g/mol. The van der Waals surface area contributed by atoms with Crippen molar-refractivity contribution in [2.75, 3.05) is 7.11 Å². The third-order valence-electron chi connectivity index (χ3n) is 3.17. The first kappa shape index (κ1) is 13.5. The third kappa shape index (κ3) is 2.33. The lowest BCUT2D eigenvalue weighted by atomic mass is 10.1. The van der Waals surface area contributed by atoms with Gasteiger partial charge in [0.1, 0.15) is 17.1 Å². The molecule has 1 heterocycles. The van der Waals surface area contributed by atoms with Crippen LogP contribution < -0.4 is 4.74 Å². The summed E-state index contributed by atoms with van der Waals surface area (Å²) in [6.45, 7) is 0. The first-order chi connectivity index (χ1) is 10.0. The number of methoxy groups -OCH3 is 1. The predicted octanol–water partition coefficient (Wildman–Crippen LogP) is 4.26. The minimum absolute atomic E-state index is 0.0296. The molecule has 0 saturated carbocycles. The normalized spacial score (nSPS) is 11.8. The number of H-pyrrole nitrogens is 1. The Labute approximate surface area is 118 Å². The molecule has 0 saturated heterocycles. The maximum Gasteiger partial charge on any atom is 0.420 e. The molecule has 6 heteroatoms. The zero-order chi connectivity index (χ0) is 15.0. The van der Waals surface area contributed by atoms with E-state index >= 15 is 0 Å². The smallest absolute Gasteiger partial charge is 0.420 e. The number of imidazole rings is 1. The second-order valence-electron chi connectivity index (χ2n) is 4.48. The zero-order valence-corrected chi connectivity index (χ0v) is 11.0. The Kier molecular flexibility index (Phi) is 3.08. The van der Waals surface area contributed by atoms with Gasteiger partial charge in [0.15, 0.2) is 0 Å². The van der Waals surface area contributed by atoms with Crippen LogP contribution >= 0.6 is 0 Å². The lowest BCUT2D eigenvalue weighted by Crippen LogP contribution is -2.10. The SMILES string of the molecule is COc1cccc(-c2nc3ccccc3[nH]2)c1C(F)(F)F. The standard InChI is InChI=1S/C15H11F3N2O/c1-21-12-8-4-5-9(13(12)15(16,17)18)14-19-10-6-2-3-7-11(10)20-14/h2-8H,1H3,(H,19,20). The van der Waals surface area contributed by atoms with Gasteiger partial charge in [0.25, 0.3) is 0 Å². The Morgan fingerprint density at radius 3 is 2.48 bits per heavy atom. The second kappa shape index (κ2) is 4.80. The molecule has 2 aromatic carbocycles.